The van der Waals surface area contributed by atoms with Crippen LogP contribution in [0.2, 0.25) is 0 Å². The Kier molecular flexibility index (Phi) is 2.77. The molecule has 5 nitrogen and oxygen atoms in total. The molecule has 2 aliphatic heterocycles. The molecule has 5 heteroatoms. The van der Waals surface area contributed by atoms with Gasteiger partial charge in [0.15, 0.2) is 0 Å². The van der Waals surface area contributed by atoms with Gasteiger partial charge in [-0.25, -0.2) is 0 Å². The third-order valence-electron chi connectivity index (χ3n) is 3.28. The van der Waals surface area contributed by atoms with Crippen molar-refractivity contribution in [1.29, 1.82) is 0 Å². The van der Waals surface area contributed by atoms with E-state index in [9.17, 15) is 20.4 Å². The molecule has 0 aromatic heterocycles. The van der Waals surface area contributed by atoms with Crippen LogP contribution in [0, 0.1) is 0 Å². The van der Waals surface area contributed by atoms with E-state index in [0.717, 1.165) is 13.0 Å². The molecule has 0 bridgehead atoms. The summed E-state index contributed by atoms with van der Waals surface area (Å²) in [5.74, 6) is 0. The average Bonchev–Trinajstić information content (AvgIpc) is 2.14. The van der Waals surface area contributed by atoms with Gasteiger partial charge in [0.1, 0.15) is 12.2 Å². The van der Waals surface area contributed by atoms with Crippen LogP contribution < -0.4 is 0 Å². The molecular weight excluding hydrogens is 186 g/mol. The second-order valence-electron chi connectivity index (χ2n) is 4.24. The van der Waals surface area contributed by atoms with Gasteiger partial charge in [0.05, 0.1) is 18.2 Å². The van der Waals surface area contributed by atoms with E-state index in [1.807, 2.05) is 4.90 Å². The summed E-state index contributed by atoms with van der Waals surface area (Å²) >= 11 is 0. The number of hydrogen-bond donors (Lipinski definition) is 4. The Bertz CT molecular complexity index is 211. The molecular formula is C9H17NO4. The minimum Gasteiger partial charge on any atom is -0.391 e. The zero-order valence-electron chi connectivity index (χ0n) is 7.95. The van der Waals surface area contributed by atoms with E-state index in [2.05, 4.69) is 0 Å². The lowest BCUT2D eigenvalue weighted by Crippen LogP contribution is -2.66. The fourth-order valence-corrected chi connectivity index (χ4v) is 2.50. The lowest BCUT2D eigenvalue weighted by Gasteiger charge is -2.48. The van der Waals surface area contributed by atoms with Crippen LogP contribution in [0.25, 0.3) is 0 Å². The molecule has 2 saturated heterocycles. The quantitative estimate of drug-likeness (QED) is 0.363. The highest BCUT2D eigenvalue weighted by molar-refractivity contribution is 4.99. The number of hydrogen-bond acceptors (Lipinski definition) is 5. The third kappa shape index (κ3) is 1.55. The van der Waals surface area contributed by atoms with Crippen molar-refractivity contribution in [2.45, 2.75) is 43.3 Å². The first-order chi connectivity index (χ1) is 6.61. The minimum absolute atomic E-state index is 0.333. The Hall–Kier alpha value is -0.200. The molecule has 82 valence electrons. The summed E-state index contributed by atoms with van der Waals surface area (Å²) in [6.07, 6.45) is -2.17. The average molecular weight is 203 g/mol. The van der Waals surface area contributed by atoms with E-state index in [0.29, 0.717) is 13.0 Å². The Labute approximate surface area is 82.6 Å². The van der Waals surface area contributed by atoms with Gasteiger partial charge in [-0.1, -0.05) is 0 Å². The van der Waals surface area contributed by atoms with Crippen LogP contribution in [0.4, 0.5) is 0 Å². The van der Waals surface area contributed by atoms with Gasteiger partial charge in [0, 0.05) is 6.54 Å². The number of aliphatic hydroxyl groups excluding tert-OH is 4. The van der Waals surface area contributed by atoms with E-state index in [1.54, 1.807) is 0 Å². The molecule has 2 fully saturated rings. The first-order valence-corrected chi connectivity index (χ1v) is 5.07. The maximum absolute atomic E-state index is 9.70. The van der Waals surface area contributed by atoms with Crippen molar-refractivity contribution in [1.82, 2.24) is 4.90 Å². The van der Waals surface area contributed by atoms with Crippen LogP contribution in [0.3, 0.4) is 0 Å². The van der Waals surface area contributed by atoms with Crippen LogP contribution in [0.15, 0.2) is 0 Å². The highest BCUT2D eigenvalue weighted by Crippen LogP contribution is 2.27. The van der Waals surface area contributed by atoms with Crippen molar-refractivity contribution in [3.63, 3.8) is 0 Å². The summed E-state index contributed by atoms with van der Waals surface area (Å²) in [6.45, 7) is 1.10. The molecule has 0 saturated carbocycles. The second kappa shape index (κ2) is 3.75. The highest BCUT2D eigenvalue weighted by atomic mass is 16.4. The number of piperidine rings is 2. The summed E-state index contributed by atoms with van der Waals surface area (Å²) in [5.41, 5.74) is 0. The summed E-state index contributed by atoms with van der Waals surface area (Å²) in [4.78, 5) is 1.86. The standard InChI is InChI=1S/C9H17NO4/c11-5-2-1-3-10-4-6(12)8(13)9(14)7(5)10/h5-9,11-14H,1-4H2/t5-,6-,7-,8+,9-/m1/s1. The zero-order chi connectivity index (χ0) is 10.3. The van der Waals surface area contributed by atoms with Gasteiger partial charge in [-0.3, -0.25) is 4.90 Å². The molecule has 14 heavy (non-hydrogen) atoms. The highest BCUT2D eigenvalue weighted by Gasteiger charge is 2.45. The topological polar surface area (TPSA) is 84.2 Å². The van der Waals surface area contributed by atoms with Crippen molar-refractivity contribution in [2.75, 3.05) is 13.1 Å². The van der Waals surface area contributed by atoms with Crippen LogP contribution >= 0.6 is 0 Å². The Morgan fingerprint density at radius 1 is 0.929 bits per heavy atom. The molecule has 5 atom stereocenters. The summed E-state index contributed by atoms with van der Waals surface area (Å²) in [5, 5.41) is 38.3. The van der Waals surface area contributed by atoms with Crippen molar-refractivity contribution < 1.29 is 20.4 Å². The molecule has 0 aromatic rings. The fraction of sp³-hybridized carbons (Fsp3) is 1.00. The Balaban J connectivity index is 2.14. The monoisotopic (exact) mass is 203 g/mol. The minimum atomic E-state index is -1.14. The van der Waals surface area contributed by atoms with Gasteiger partial charge in [-0.15, -0.1) is 0 Å². The Morgan fingerprint density at radius 2 is 1.64 bits per heavy atom. The van der Waals surface area contributed by atoms with Crippen molar-refractivity contribution in [3.8, 4) is 0 Å². The van der Waals surface area contributed by atoms with Crippen LogP contribution in [0.1, 0.15) is 12.8 Å². The fourth-order valence-electron chi connectivity index (χ4n) is 2.50. The molecule has 0 amide bonds. The summed E-state index contributed by atoms with van der Waals surface area (Å²) in [7, 11) is 0. The van der Waals surface area contributed by atoms with E-state index in [-0.39, 0.29) is 0 Å². The number of nitrogens with zero attached hydrogens (tertiary/aromatic N) is 1. The SMILES string of the molecule is O[C@@H]1[C@H](O)[C@H]2[C@H](O)CCCN2C[C@H]1O. The number of aliphatic hydroxyl groups is 4. The molecule has 0 radical (unpaired) electrons. The van der Waals surface area contributed by atoms with Crippen LogP contribution in [0.5, 0.6) is 0 Å². The molecule has 2 rings (SSSR count). The van der Waals surface area contributed by atoms with E-state index in [4.69, 9.17) is 0 Å². The predicted octanol–water partition coefficient (Wildman–Crippen LogP) is -2.09. The van der Waals surface area contributed by atoms with Gasteiger partial charge < -0.3 is 20.4 Å². The largest absolute Gasteiger partial charge is 0.391 e. The molecule has 0 aliphatic carbocycles. The predicted molar refractivity (Wildman–Crippen MR) is 48.6 cm³/mol. The van der Waals surface area contributed by atoms with E-state index < -0.39 is 30.5 Å². The number of fused-ring (bicyclic) bond motifs is 1. The molecule has 0 aromatic carbocycles. The maximum atomic E-state index is 9.70. The Morgan fingerprint density at radius 3 is 2.36 bits per heavy atom. The normalized spacial score (nSPS) is 50.1. The summed E-state index contributed by atoms with van der Waals surface area (Å²) in [6, 6.07) is -0.415. The van der Waals surface area contributed by atoms with Gasteiger partial charge in [0.2, 0.25) is 0 Å². The molecule has 2 heterocycles. The van der Waals surface area contributed by atoms with Crippen molar-refractivity contribution in [2.24, 2.45) is 0 Å². The van der Waals surface area contributed by atoms with Gasteiger partial charge in [-0.05, 0) is 19.4 Å². The van der Waals surface area contributed by atoms with Gasteiger partial charge in [-0.2, -0.15) is 0 Å². The van der Waals surface area contributed by atoms with Gasteiger partial charge in [0.25, 0.3) is 0 Å². The van der Waals surface area contributed by atoms with E-state index in [1.165, 1.54) is 0 Å². The van der Waals surface area contributed by atoms with E-state index >= 15 is 0 Å². The third-order valence-corrected chi connectivity index (χ3v) is 3.28. The molecule has 0 spiro atoms. The zero-order valence-corrected chi connectivity index (χ0v) is 7.95. The van der Waals surface area contributed by atoms with Crippen molar-refractivity contribution in [3.05, 3.63) is 0 Å². The lowest BCUT2D eigenvalue weighted by molar-refractivity contribution is -0.169. The van der Waals surface area contributed by atoms with Crippen LogP contribution in [-0.4, -0.2) is 68.9 Å². The molecule has 2 aliphatic rings. The first-order valence-electron chi connectivity index (χ1n) is 5.07. The van der Waals surface area contributed by atoms with Crippen molar-refractivity contribution >= 4 is 0 Å². The lowest BCUT2D eigenvalue weighted by atomic mass is 9.86. The molecule has 0 unspecified atom stereocenters. The summed E-state index contributed by atoms with van der Waals surface area (Å²) < 4.78 is 0. The smallest absolute Gasteiger partial charge is 0.109 e. The second-order valence-corrected chi connectivity index (χ2v) is 4.24. The van der Waals surface area contributed by atoms with Gasteiger partial charge >= 0.3 is 0 Å². The van der Waals surface area contributed by atoms with Crippen LogP contribution in [-0.2, 0) is 0 Å². The first kappa shape index (κ1) is 10.3. The molecule has 4 N–H and O–H groups in total. The maximum Gasteiger partial charge on any atom is 0.109 e. The number of rotatable bonds is 0.